The summed E-state index contributed by atoms with van der Waals surface area (Å²) in [4.78, 5) is 0. The molecular weight excluding hydrogens is 424 g/mol. The van der Waals surface area contributed by atoms with E-state index in [-0.39, 0.29) is 5.48 Å². The molecule has 0 saturated carbocycles. The monoisotopic (exact) mass is 434 g/mol. The summed E-state index contributed by atoms with van der Waals surface area (Å²) in [5.41, 5.74) is 0. The highest BCUT2D eigenvalue weighted by Gasteiger charge is 1.96. The highest BCUT2D eigenvalue weighted by atomic mass is 79.9. The molecule has 4 rings (SSSR count). The van der Waals surface area contributed by atoms with E-state index in [1.165, 1.54) is 0 Å². The highest BCUT2D eigenvalue weighted by molar-refractivity contribution is 9.11. The number of rotatable bonds is 0. The number of benzene rings is 2. The van der Waals surface area contributed by atoms with Gasteiger partial charge in [0.25, 0.3) is 0 Å². The quantitative estimate of drug-likeness (QED) is 0.418. The summed E-state index contributed by atoms with van der Waals surface area (Å²) in [5.74, 6) is 0. The van der Waals surface area contributed by atoms with Crippen LogP contribution in [0.4, 0.5) is 0 Å². The number of aromatic nitrogens is 4. The Morgan fingerprint density at radius 1 is 0.565 bits per heavy atom. The predicted octanol–water partition coefficient (Wildman–Crippen LogP) is 3.96. The van der Waals surface area contributed by atoms with Gasteiger partial charge in [0.15, 0.2) is 0 Å². The summed E-state index contributed by atoms with van der Waals surface area (Å²) in [6.07, 6.45) is 7.00. The molecule has 0 saturated heterocycles. The minimum absolute atomic E-state index is 0. The van der Waals surface area contributed by atoms with Crippen molar-refractivity contribution in [1.29, 1.82) is 0 Å². The van der Waals surface area contributed by atoms with Crippen LogP contribution in [-0.4, -0.2) is 25.9 Å². The molecule has 0 radical (unpaired) electrons. The van der Waals surface area contributed by atoms with E-state index in [0.29, 0.717) is 0 Å². The topological polar surface area (TPSA) is 83.1 Å². The van der Waals surface area contributed by atoms with Crippen molar-refractivity contribution in [3.8, 4) is 0 Å². The van der Waals surface area contributed by atoms with Crippen molar-refractivity contribution in [2.45, 2.75) is 0 Å². The number of hydrogen-bond donors (Lipinski definition) is 0. The van der Waals surface area contributed by atoms with E-state index < -0.39 is 0 Å². The van der Waals surface area contributed by atoms with Gasteiger partial charge in [-0.2, -0.15) is 20.4 Å². The molecular formula is C16H12Br2N4O. The van der Waals surface area contributed by atoms with E-state index in [0.717, 1.165) is 30.5 Å². The molecule has 4 aromatic rings. The van der Waals surface area contributed by atoms with E-state index >= 15 is 0 Å². The average Bonchev–Trinajstić information content (AvgIpc) is 2.57. The first kappa shape index (κ1) is 17.4. The summed E-state index contributed by atoms with van der Waals surface area (Å²) in [6.45, 7) is 0. The Morgan fingerprint density at radius 3 is 1.35 bits per heavy atom. The van der Waals surface area contributed by atoms with Crippen molar-refractivity contribution >= 4 is 53.4 Å². The van der Waals surface area contributed by atoms with Crippen LogP contribution in [0.3, 0.4) is 0 Å². The second-order valence-corrected chi connectivity index (χ2v) is 6.17. The van der Waals surface area contributed by atoms with Crippen LogP contribution >= 0.6 is 31.9 Å². The number of nitrogens with zero attached hydrogens (tertiary/aromatic N) is 4. The van der Waals surface area contributed by atoms with Crippen molar-refractivity contribution in [2.24, 2.45) is 0 Å². The summed E-state index contributed by atoms with van der Waals surface area (Å²) < 4.78 is 2.12. The Bertz CT molecular complexity index is 846. The summed E-state index contributed by atoms with van der Waals surface area (Å²) in [7, 11) is 0. The average molecular weight is 436 g/mol. The lowest BCUT2D eigenvalue weighted by molar-refractivity contribution is 0.824. The lowest BCUT2D eigenvalue weighted by Gasteiger charge is -1.95. The Labute approximate surface area is 149 Å². The smallest absolute Gasteiger partial charge is 0.0586 e. The Kier molecular flexibility index (Phi) is 6.09. The van der Waals surface area contributed by atoms with Gasteiger partial charge in [0.05, 0.1) is 24.8 Å². The predicted molar refractivity (Wildman–Crippen MR) is 98.1 cm³/mol. The summed E-state index contributed by atoms with van der Waals surface area (Å²) in [5, 5.41) is 19.6. The van der Waals surface area contributed by atoms with Gasteiger partial charge in [0.2, 0.25) is 0 Å². The highest BCUT2D eigenvalue weighted by Crippen LogP contribution is 2.21. The molecule has 2 aromatic heterocycles. The molecule has 0 aliphatic rings. The van der Waals surface area contributed by atoms with Crippen LogP contribution in [0.5, 0.6) is 0 Å². The third kappa shape index (κ3) is 4.07. The third-order valence-electron chi connectivity index (χ3n) is 3.07. The zero-order valence-electron chi connectivity index (χ0n) is 11.8. The standard InChI is InChI=1S/2C8H5BrN2.H2O/c2*9-8-3-1-2-6-4-10-11-5-7(6)8;/h2*1-5H;1H2. The number of fused-ring (bicyclic) bond motifs is 2. The van der Waals surface area contributed by atoms with Gasteiger partial charge in [0.1, 0.15) is 0 Å². The molecule has 0 fully saturated rings. The van der Waals surface area contributed by atoms with E-state index in [1.54, 1.807) is 24.8 Å². The maximum atomic E-state index is 3.79. The molecule has 0 atom stereocenters. The summed E-state index contributed by atoms with van der Waals surface area (Å²) in [6, 6.07) is 12.0. The van der Waals surface area contributed by atoms with E-state index in [4.69, 9.17) is 0 Å². The first-order valence-electron chi connectivity index (χ1n) is 6.45. The van der Waals surface area contributed by atoms with E-state index in [2.05, 4.69) is 52.3 Å². The maximum Gasteiger partial charge on any atom is 0.0586 e. The fourth-order valence-electron chi connectivity index (χ4n) is 1.98. The van der Waals surface area contributed by atoms with Crippen LogP contribution in [0.1, 0.15) is 0 Å². The second kappa shape index (κ2) is 8.05. The van der Waals surface area contributed by atoms with Crippen molar-refractivity contribution in [3.63, 3.8) is 0 Å². The van der Waals surface area contributed by atoms with Crippen molar-refractivity contribution in [3.05, 3.63) is 70.1 Å². The van der Waals surface area contributed by atoms with Gasteiger partial charge in [-0.15, -0.1) is 0 Å². The van der Waals surface area contributed by atoms with Gasteiger partial charge in [-0.25, -0.2) is 0 Å². The van der Waals surface area contributed by atoms with Crippen molar-refractivity contribution < 1.29 is 5.48 Å². The third-order valence-corrected chi connectivity index (χ3v) is 4.46. The molecule has 0 unspecified atom stereocenters. The largest absolute Gasteiger partial charge is 0.412 e. The molecule has 2 heterocycles. The molecule has 0 aliphatic heterocycles. The molecule has 23 heavy (non-hydrogen) atoms. The summed E-state index contributed by atoms with van der Waals surface area (Å²) >= 11 is 6.86. The number of hydrogen-bond acceptors (Lipinski definition) is 4. The van der Waals surface area contributed by atoms with Gasteiger partial charge >= 0.3 is 0 Å². The van der Waals surface area contributed by atoms with Gasteiger partial charge in [-0.3, -0.25) is 0 Å². The van der Waals surface area contributed by atoms with Crippen LogP contribution in [0.15, 0.2) is 70.1 Å². The fourth-order valence-corrected chi connectivity index (χ4v) is 2.95. The lowest BCUT2D eigenvalue weighted by Crippen LogP contribution is -1.80. The zero-order chi connectivity index (χ0) is 15.4. The van der Waals surface area contributed by atoms with E-state index in [9.17, 15) is 0 Å². The van der Waals surface area contributed by atoms with Crippen molar-refractivity contribution in [2.75, 3.05) is 0 Å². The molecule has 0 amide bonds. The fraction of sp³-hybridized carbons (Fsp3) is 0. The number of halogens is 2. The van der Waals surface area contributed by atoms with Crippen LogP contribution in [-0.2, 0) is 0 Å². The van der Waals surface area contributed by atoms with Crippen LogP contribution in [0, 0.1) is 0 Å². The molecule has 7 heteroatoms. The minimum atomic E-state index is 0. The van der Waals surface area contributed by atoms with Crippen LogP contribution in [0.25, 0.3) is 21.5 Å². The molecule has 0 aliphatic carbocycles. The lowest BCUT2D eigenvalue weighted by atomic mass is 10.2. The van der Waals surface area contributed by atoms with Gasteiger partial charge in [-0.05, 0) is 12.1 Å². The van der Waals surface area contributed by atoms with Gasteiger partial charge in [-0.1, -0.05) is 56.1 Å². The van der Waals surface area contributed by atoms with Crippen LogP contribution < -0.4 is 0 Å². The van der Waals surface area contributed by atoms with Crippen molar-refractivity contribution in [1.82, 2.24) is 20.4 Å². The zero-order valence-corrected chi connectivity index (χ0v) is 15.0. The molecule has 0 bridgehead atoms. The molecule has 0 spiro atoms. The molecule has 5 nitrogen and oxygen atoms in total. The second-order valence-electron chi connectivity index (χ2n) is 4.46. The Hall–Kier alpha value is -1.96. The Balaban J connectivity index is 0.000000160. The van der Waals surface area contributed by atoms with E-state index in [1.807, 2.05) is 36.4 Å². The Morgan fingerprint density at radius 2 is 0.957 bits per heavy atom. The normalized spacial score (nSPS) is 9.83. The van der Waals surface area contributed by atoms with Crippen LogP contribution in [0.2, 0.25) is 0 Å². The molecule has 2 aromatic carbocycles. The van der Waals surface area contributed by atoms with Gasteiger partial charge < -0.3 is 5.48 Å². The first-order chi connectivity index (χ1) is 10.8. The maximum absolute atomic E-state index is 3.79. The first-order valence-corrected chi connectivity index (χ1v) is 8.04. The molecule has 116 valence electrons. The minimum Gasteiger partial charge on any atom is -0.412 e. The SMILES string of the molecule is Brc1cccc2cnncc12.Brc1cccc2cnncc12.O. The molecule has 2 N–H and O–H groups in total. The van der Waals surface area contributed by atoms with Gasteiger partial charge in [0, 0.05) is 30.5 Å².